The van der Waals surface area contributed by atoms with Crippen molar-refractivity contribution in [1.29, 1.82) is 0 Å². The molecule has 1 heterocycles. The summed E-state index contributed by atoms with van der Waals surface area (Å²) in [7, 11) is 0. The van der Waals surface area contributed by atoms with Gasteiger partial charge in [-0.15, -0.1) is 0 Å². The van der Waals surface area contributed by atoms with Crippen molar-refractivity contribution >= 4 is 29.2 Å². The minimum atomic E-state index is -1.14. The second kappa shape index (κ2) is 4.60. The number of aromatic carboxylic acids is 1. The number of amides is 1. The van der Waals surface area contributed by atoms with Crippen LogP contribution in [-0.4, -0.2) is 34.6 Å². The smallest absolute Gasteiger partial charge is 0.335 e. The van der Waals surface area contributed by atoms with Gasteiger partial charge in [0.05, 0.1) is 22.9 Å². The van der Waals surface area contributed by atoms with Crippen LogP contribution in [0.25, 0.3) is 0 Å². The normalized spacial score (nSPS) is 18.6. The van der Waals surface area contributed by atoms with Gasteiger partial charge in [-0.2, -0.15) is 0 Å². The molecular formula is C12H12N2O5. The van der Waals surface area contributed by atoms with Gasteiger partial charge in [0.1, 0.15) is 0 Å². The van der Waals surface area contributed by atoms with Crippen molar-refractivity contribution in [2.24, 2.45) is 5.92 Å². The predicted molar refractivity (Wildman–Crippen MR) is 65.9 cm³/mol. The maximum atomic E-state index is 11.8. The number of nitrogens with zero attached hydrogens (tertiary/aromatic N) is 1. The van der Waals surface area contributed by atoms with E-state index >= 15 is 0 Å². The number of benzene rings is 1. The van der Waals surface area contributed by atoms with E-state index in [0.717, 1.165) is 0 Å². The third-order valence-corrected chi connectivity index (χ3v) is 3.04. The largest absolute Gasteiger partial charge is 0.481 e. The van der Waals surface area contributed by atoms with Crippen LogP contribution in [0.4, 0.5) is 11.4 Å². The van der Waals surface area contributed by atoms with Crippen LogP contribution in [0.3, 0.4) is 0 Å². The Hall–Kier alpha value is -2.57. The molecule has 0 spiro atoms. The van der Waals surface area contributed by atoms with Crippen molar-refractivity contribution in [1.82, 2.24) is 0 Å². The highest BCUT2D eigenvalue weighted by molar-refractivity contribution is 6.02. The lowest BCUT2D eigenvalue weighted by Gasteiger charge is -2.18. The van der Waals surface area contributed by atoms with Crippen molar-refractivity contribution < 1.29 is 24.6 Å². The highest BCUT2D eigenvalue weighted by atomic mass is 16.4. The molecule has 4 N–H and O–H groups in total. The second-order valence-electron chi connectivity index (χ2n) is 4.32. The second-order valence-corrected chi connectivity index (χ2v) is 4.32. The van der Waals surface area contributed by atoms with Gasteiger partial charge < -0.3 is 20.8 Å². The third-order valence-electron chi connectivity index (χ3n) is 3.04. The molecule has 1 atom stereocenters. The fourth-order valence-electron chi connectivity index (χ4n) is 2.02. The molecule has 0 aliphatic carbocycles. The van der Waals surface area contributed by atoms with E-state index in [2.05, 4.69) is 0 Å². The molecule has 1 aliphatic heterocycles. The van der Waals surface area contributed by atoms with Crippen molar-refractivity contribution in [3.63, 3.8) is 0 Å². The van der Waals surface area contributed by atoms with Crippen LogP contribution < -0.4 is 10.6 Å². The van der Waals surface area contributed by atoms with Gasteiger partial charge in [-0.1, -0.05) is 0 Å². The molecule has 0 saturated carbocycles. The third kappa shape index (κ3) is 2.35. The number of carboxylic acids is 2. The minimum absolute atomic E-state index is 0.00143. The number of carboxylic acid groups (broad SMARTS) is 2. The summed E-state index contributed by atoms with van der Waals surface area (Å²) in [6.07, 6.45) is -0.105. The first-order chi connectivity index (χ1) is 8.90. The SMILES string of the molecule is Nc1ccc(C(=O)O)cc1N1CC(C(=O)O)CC1=O. The zero-order chi connectivity index (χ0) is 14.2. The van der Waals surface area contributed by atoms with E-state index in [9.17, 15) is 14.4 Å². The first kappa shape index (κ1) is 12.9. The molecule has 0 radical (unpaired) electrons. The van der Waals surface area contributed by atoms with Crippen LogP contribution in [0.5, 0.6) is 0 Å². The highest BCUT2D eigenvalue weighted by Gasteiger charge is 2.36. The summed E-state index contributed by atoms with van der Waals surface area (Å²) in [4.78, 5) is 34.8. The zero-order valence-electron chi connectivity index (χ0n) is 9.87. The lowest BCUT2D eigenvalue weighted by molar-refractivity contribution is -0.141. The Balaban J connectivity index is 2.36. The summed E-state index contributed by atoms with van der Waals surface area (Å²) in [6.45, 7) is 0.00143. The topological polar surface area (TPSA) is 121 Å². The number of carbonyl (C=O) groups excluding carboxylic acids is 1. The lowest BCUT2D eigenvalue weighted by Crippen LogP contribution is -2.26. The van der Waals surface area contributed by atoms with E-state index in [0.29, 0.717) is 0 Å². The number of anilines is 2. The summed E-state index contributed by atoms with van der Waals surface area (Å²) in [5.41, 5.74) is 6.20. The molecule has 7 heteroatoms. The fraction of sp³-hybridized carbons (Fsp3) is 0.250. The van der Waals surface area contributed by atoms with Gasteiger partial charge in [-0.3, -0.25) is 9.59 Å². The first-order valence-corrected chi connectivity index (χ1v) is 5.56. The van der Waals surface area contributed by atoms with E-state index < -0.39 is 17.9 Å². The molecular weight excluding hydrogens is 252 g/mol. The summed E-state index contributed by atoms with van der Waals surface area (Å²) >= 11 is 0. The number of hydrogen-bond donors (Lipinski definition) is 3. The quantitative estimate of drug-likeness (QED) is 0.679. The summed E-state index contributed by atoms with van der Waals surface area (Å²) in [6, 6.07) is 4.00. The molecule has 1 fully saturated rings. The van der Waals surface area contributed by atoms with Gasteiger partial charge in [0.15, 0.2) is 0 Å². The van der Waals surface area contributed by atoms with Gasteiger partial charge in [-0.05, 0) is 18.2 Å². The molecule has 7 nitrogen and oxygen atoms in total. The lowest BCUT2D eigenvalue weighted by atomic mass is 10.1. The minimum Gasteiger partial charge on any atom is -0.481 e. The molecule has 1 aliphatic rings. The molecule has 1 aromatic rings. The van der Waals surface area contributed by atoms with Crippen LogP contribution in [0.15, 0.2) is 18.2 Å². The monoisotopic (exact) mass is 264 g/mol. The van der Waals surface area contributed by atoms with Gasteiger partial charge >= 0.3 is 11.9 Å². The van der Waals surface area contributed by atoms with E-state index in [1.54, 1.807) is 0 Å². The van der Waals surface area contributed by atoms with Crippen LogP contribution >= 0.6 is 0 Å². The van der Waals surface area contributed by atoms with Crippen LogP contribution in [-0.2, 0) is 9.59 Å². The Kier molecular flexibility index (Phi) is 3.12. The molecule has 2 rings (SSSR count). The molecule has 1 saturated heterocycles. The van der Waals surface area contributed by atoms with E-state index in [1.165, 1.54) is 23.1 Å². The Morgan fingerprint density at radius 1 is 1.32 bits per heavy atom. The average molecular weight is 264 g/mol. The van der Waals surface area contributed by atoms with E-state index in [1.807, 2.05) is 0 Å². The maximum absolute atomic E-state index is 11.8. The number of rotatable bonds is 3. The van der Waals surface area contributed by atoms with Crippen LogP contribution in [0.1, 0.15) is 16.8 Å². The number of carbonyl (C=O) groups is 3. The number of nitrogen functional groups attached to an aromatic ring is 1. The summed E-state index contributed by atoms with van der Waals surface area (Å²) in [5.74, 6) is -3.35. The first-order valence-electron chi connectivity index (χ1n) is 5.56. The van der Waals surface area contributed by atoms with Crippen molar-refractivity contribution in [2.75, 3.05) is 17.2 Å². The Labute approximate surface area is 108 Å². The molecule has 100 valence electrons. The Morgan fingerprint density at radius 2 is 2.00 bits per heavy atom. The Morgan fingerprint density at radius 3 is 2.53 bits per heavy atom. The van der Waals surface area contributed by atoms with E-state index in [-0.39, 0.29) is 35.8 Å². The molecule has 19 heavy (non-hydrogen) atoms. The number of aliphatic carboxylic acids is 1. The summed E-state index contributed by atoms with van der Waals surface area (Å²) in [5, 5.41) is 17.8. The van der Waals surface area contributed by atoms with Crippen molar-refractivity contribution in [2.45, 2.75) is 6.42 Å². The molecule has 0 bridgehead atoms. The number of nitrogens with two attached hydrogens (primary N) is 1. The van der Waals surface area contributed by atoms with Gasteiger partial charge in [0, 0.05) is 13.0 Å². The predicted octanol–water partition coefficient (Wildman–Crippen LogP) is 0.404. The summed E-state index contributed by atoms with van der Waals surface area (Å²) < 4.78 is 0. The maximum Gasteiger partial charge on any atom is 0.335 e. The molecule has 0 aromatic heterocycles. The Bertz CT molecular complexity index is 569. The fourth-order valence-corrected chi connectivity index (χ4v) is 2.02. The molecule has 1 aromatic carbocycles. The standard InChI is InChI=1S/C12H12N2O5/c13-8-2-1-6(11(16)17)3-9(8)14-5-7(12(18)19)4-10(14)15/h1-3,7H,4-5,13H2,(H,16,17)(H,18,19). The zero-order valence-corrected chi connectivity index (χ0v) is 9.87. The van der Waals surface area contributed by atoms with Crippen molar-refractivity contribution in [3.05, 3.63) is 23.8 Å². The van der Waals surface area contributed by atoms with Crippen molar-refractivity contribution in [3.8, 4) is 0 Å². The molecule has 1 amide bonds. The van der Waals surface area contributed by atoms with Gasteiger partial charge in [0.25, 0.3) is 0 Å². The van der Waals surface area contributed by atoms with Gasteiger partial charge in [0.2, 0.25) is 5.91 Å². The van der Waals surface area contributed by atoms with Gasteiger partial charge in [-0.25, -0.2) is 4.79 Å². The number of hydrogen-bond acceptors (Lipinski definition) is 4. The average Bonchev–Trinajstić information content (AvgIpc) is 2.72. The van der Waals surface area contributed by atoms with E-state index in [4.69, 9.17) is 15.9 Å². The van der Waals surface area contributed by atoms with Crippen LogP contribution in [0, 0.1) is 5.92 Å². The highest BCUT2D eigenvalue weighted by Crippen LogP contribution is 2.30. The molecule has 1 unspecified atom stereocenters. The van der Waals surface area contributed by atoms with Crippen LogP contribution in [0.2, 0.25) is 0 Å².